The molecule has 0 radical (unpaired) electrons. The second-order valence-electron chi connectivity index (χ2n) is 5.79. The van der Waals surface area contributed by atoms with Gasteiger partial charge in [0.05, 0.1) is 0 Å². The summed E-state index contributed by atoms with van der Waals surface area (Å²) in [5, 5.41) is 7.44. The van der Waals surface area contributed by atoms with Crippen LogP contribution in [0.15, 0.2) is 4.52 Å². The first-order valence-electron chi connectivity index (χ1n) is 6.03. The van der Waals surface area contributed by atoms with Gasteiger partial charge < -0.3 is 9.84 Å². The molecule has 4 heteroatoms. The highest BCUT2D eigenvalue weighted by molar-refractivity contribution is 5.07. The lowest BCUT2D eigenvalue weighted by molar-refractivity contribution is 0.358. The van der Waals surface area contributed by atoms with Crippen molar-refractivity contribution in [2.45, 2.75) is 52.0 Å². The molecule has 0 saturated heterocycles. The summed E-state index contributed by atoms with van der Waals surface area (Å²) in [6.07, 6.45) is 2.02. The number of rotatable bonds is 4. The molecule has 0 spiro atoms. The van der Waals surface area contributed by atoms with Crippen LogP contribution in [0.5, 0.6) is 0 Å². The molecule has 2 unspecified atom stereocenters. The molecule has 16 heavy (non-hydrogen) atoms. The first kappa shape index (κ1) is 11.6. The van der Waals surface area contributed by atoms with E-state index < -0.39 is 0 Å². The zero-order valence-electron chi connectivity index (χ0n) is 10.6. The highest BCUT2D eigenvalue weighted by atomic mass is 16.5. The van der Waals surface area contributed by atoms with E-state index in [1.54, 1.807) is 0 Å². The van der Waals surface area contributed by atoms with Crippen molar-refractivity contribution in [2.75, 3.05) is 6.54 Å². The van der Waals surface area contributed by atoms with Crippen LogP contribution in [0.3, 0.4) is 0 Å². The van der Waals surface area contributed by atoms with Crippen LogP contribution in [0.1, 0.15) is 51.7 Å². The summed E-state index contributed by atoms with van der Waals surface area (Å²) in [5.74, 6) is 2.94. The molecule has 1 saturated carbocycles. The van der Waals surface area contributed by atoms with Gasteiger partial charge in [-0.25, -0.2) is 0 Å². The van der Waals surface area contributed by atoms with Gasteiger partial charge >= 0.3 is 0 Å². The largest absolute Gasteiger partial charge is 0.339 e. The van der Waals surface area contributed by atoms with Crippen LogP contribution in [0, 0.1) is 5.92 Å². The minimum absolute atomic E-state index is 0.147. The SMILES string of the molecule is CC1CC1c1noc(CCNC(C)(C)C)n1. The molecule has 0 aliphatic heterocycles. The van der Waals surface area contributed by atoms with Crippen molar-refractivity contribution in [2.24, 2.45) is 5.92 Å². The predicted octanol–water partition coefficient (Wildman–Crippen LogP) is 2.12. The maximum absolute atomic E-state index is 5.23. The van der Waals surface area contributed by atoms with Gasteiger partial charge in [-0.2, -0.15) is 4.98 Å². The zero-order chi connectivity index (χ0) is 11.8. The Bertz CT molecular complexity index is 353. The summed E-state index contributed by atoms with van der Waals surface area (Å²) in [4.78, 5) is 4.42. The van der Waals surface area contributed by atoms with E-state index in [0.717, 1.165) is 30.6 Å². The summed E-state index contributed by atoms with van der Waals surface area (Å²) >= 11 is 0. The first-order valence-corrected chi connectivity index (χ1v) is 6.03. The summed E-state index contributed by atoms with van der Waals surface area (Å²) in [7, 11) is 0. The van der Waals surface area contributed by atoms with E-state index in [1.165, 1.54) is 6.42 Å². The van der Waals surface area contributed by atoms with Crippen molar-refractivity contribution in [3.05, 3.63) is 11.7 Å². The van der Waals surface area contributed by atoms with Crippen molar-refractivity contribution < 1.29 is 4.52 Å². The third kappa shape index (κ3) is 3.04. The Balaban J connectivity index is 1.79. The molecule has 1 aromatic rings. The van der Waals surface area contributed by atoms with Crippen LogP contribution in [-0.2, 0) is 6.42 Å². The lowest BCUT2D eigenvalue weighted by Crippen LogP contribution is -2.37. The van der Waals surface area contributed by atoms with Crippen LogP contribution in [0.4, 0.5) is 0 Å². The third-order valence-corrected chi connectivity index (χ3v) is 2.92. The van der Waals surface area contributed by atoms with Gasteiger partial charge in [-0.15, -0.1) is 0 Å². The molecule has 4 nitrogen and oxygen atoms in total. The number of hydrogen-bond donors (Lipinski definition) is 1. The van der Waals surface area contributed by atoms with Crippen molar-refractivity contribution in [1.82, 2.24) is 15.5 Å². The third-order valence-electron chi connectivity index (χ3n) is 2.92. The number of aromatic nitrogens is 2. The standard InChI is InChI=1S/C12H21N3O/c1-8-7-9(8)11-14-10(16-15-11)5-6-13-12(2,3)4/h8-9,13H,5-7H2,1-4H3. The van der Waals surface area contributed by atoms with Crippen LogP contribution >= 0.6 is 0 Å². The van der Waals surface area contributed by atoms with E-state index in [9.17, 15) is 0 Å². The van der Waals surface area contributed by atoms with Crippen LogP contribution in [0.2, 0.25) is 0 Å². The van der Waals surface area contributed by atoms with Gasteiger partial charge in [0, 0.05) is 24.4 Å². The Kier molecular flexibility index (Phi) is 3.02. The molecule has 1 fully saturated rings. The van der Waals surface area contributed by atoms with Gasteiger partial charge in [-0.3, -0.25) is 0 Å². The van der Waals surface area contributed by atoms with E-state index in [2.05, 4.69) is 43.2 Å². The lowest BCUT2D eigenvalue weighted by Gasteiger charge is -2.19. The Labute approximate surface area is 96.8 Å². The van der Waals surface area contributed by atoms with Crippen molar-refractivity contribution in [1.29, 1.82) is 0 Å². The van der Waals surface area contributed by atoms with E-state index in [0.29, 0.717) is 5.92 Å². The molecular weight excluding hydrogens is 202 g/mol. The summed E-state index contributed by atoms with van der Waals surface area (Å²) in [6.45, 7) is 9.56. The van der Waals surface area contributed by atoms with Gasteiger partial charge in [0.2, 0.25) is 5.89 Å². The molecule has 1 aliphatic carbocycles. The van der Waals surface area contributed by atoms with E-state index in [4.69, 9.17) is 4.52 Å². The Hall–Kier alpha value is -0.900. The van der Waals surface area contributed by atoms with E-state index in [-0.39, 0.29) is 5.54 Å². The molecule has 2 atom stereocenters. The molecule has 0 bridgehead atoms. The second-order valence-corrected chi connectivity index (χ2v) is 5.79. The Morgan fingerprint density at radius 1 is 1.44 bits per heavy atom. The fraction of sp³-hybridized carbons (Fsp3) is 0.833. The highest BCUT2D eigenvalue weighted by Gasteiger charge is 2.37. The summed E-state index contributed by atoms with van der Waals surface area (Å²) < 4.78 is 5.23. The molecule has 1 heterocycles. The fourth-order valence-electron chi connectivity index (χ4n) is 1.75. The van der Waals surface area contributed by atoms with Crippen LogP contribution in [0.25, 0.3) is 0 Å². The first-order chi connectivity index (χ1) is 7.46. The molecule has 0 amide bonds. The summed E-state index contributed by atoms with van der Waals surface area (Å²) in [5.41, 5.74) is 0.147. The maximum Gasteiger partial charge on any atom is 0.227 e. The van der Waals surface area contributed by atoms with Crippen molar-refractivity contribution in [3.8, 4) is 0 Å². The minimum atomic E-state index is 0.147. The van der Waals surface area contributed by atoms with E-state index >= 15 is 0 Å². The summed E-state index contributed by atoms with van der Waals surface area (Å²) in [6, 6.07) is 0. The number of nitrogens with one attached hydrogen (secondary N) is 1. The van der Waals surface area contributed by atoms with Crippen molar-refractivity contribution >= 4 is 0 Å². The minimum Gasteiger partial charge on any atom is -0.339 e. The quantitative estimate of drug-likeness (QED) is 0.849. The topological polar surface area (TPSA) is 51.0 Å². The van der Waals surface area contributed by atoms with Gasteiger partial charge in [0.25, 0.3) is 0 Å². The van der Waals surface area contributed by atoms with Gasteiger partial charge in [0.15, 0.2) is 5.82 Å². The molecule has 1 aromatic heterocycles. The number of nitrogens with zero attached hydrogens (tertiary/aromatic N) is 2. The van der Waals surface area contributed by atoms with E-state index in [1.807, 2.05) is 0 Å². The van der Waals surface area contributed by atoms with Crippen LogP contribution in [-0.4, -0.2) is 22.2 Å². The molecule has 90 valence electrons. The average molecular weight is 223 g/mol. The Morgan fingerprint density at radius 3 is 2.69 bits per heavy atom. The maximum atomic E-state index is 5.23. The normalized spacial score (nSPS) is 24.8. The van der Waals surface area contributed by atoms with Gasteiger partial charge in [-0.05, 0) is 33.1 Å². The Morgan fingerprint density at radius 2 is 2.12 bits per heavy atom. The lowest BCUT2D eigenvalue weighted by atomic mass is 10.1. The van der Waals surface area contributed by atoms with Crippen molar-refractivity contribution in [3.63, 3.8) is 0 Å². The van der Waals surface area contributed by atoms with Crippen LogP contribution < -0.4 is 5.32 Å². The predicted molar refractivity (Wildman–Crippen MR) is 62.3 cm³/mol. The van der Waals surface area contributed by atoms with Gasteiger partial charge in [0.1, 0.15) is 0 Å². The molecule has 2 rings (SSSR count). The highest BCUT2D eigenvalue weighted by Crippen LogP contribution is 2.45. The number of hydrogen-bond acceptors (Lipinski definition) is 4. The zero-order valence-corrected chi connectivity index (χ0v) is 10.6. The average Bonchev–Trinajstić information content (AvgIpc) is 2.72. The van der Waals surface area contributed by atoms with Gasteiger partial charge in [-0.1, -0.05) is 12.1 Å². The smallest absolute Gasteiger partial charge is 0.227 e. The second kappa shape index (κ2) is 4.17. The monoisotopic (exact) mass is 223 g/mol. The molecule has 0 aromatic carbocycles. The molecule has 1 aliphatic rings. The molecule has 1 N–H and O–H groups in total. The fourth-order valence-corrected chi connectivity index (χ4v) is 1.75. The molecular formula is C12H21N3O.